The number of carbonyl (C=O) groups is 2. The maximum Gasteiger partial charge on any atom is 0.472 e. The van der Waals surface area contributed by atoms with Gasteiger partial charge in [0.25, 0.3) is 0 Å². The number of phosphoric ester groups is 1. The number of carbonyl (C=O) groups excluding carboxylic acids is 2. The van der Waals surface area contributed by atoms with Crippen LogP contribution in [-0.4, -0.2) is 43.3 Å². The maximum absolute atomic E-state index is 11.4. The number of hydrogen-bond donors (Lipinski definition) is 1. The monoisotopic (exact) mass is 326 g/mol. The van der Waals surface area contributed by atoms with Gasteiger partial charge in [0.1, 0.15) is 0 Å². The summed E-state index contributed by atoms with van der Waals surface area (Å²) >= 11 is 0. The van der Waals surface area contributed by atoms with Crippen LogP contribution in [0.4, 0.5) is 0 Å². The third kappa shape index (κ3) is 15.3. The molecule has 0 saturated heterocycles. The predicted molar refractivity (Wildman–Crippen MR) is 73.5 cm³/mol. The molecule has 0 aliphatic heterocycles. The summed E-state index contributed by atoms with van der Waals surface area (Å²) in [6.45, 7) is 3.23. The van der Waals surface area contributed by atoms with Gasteiger partial charge >= 0.3 is 19.8 Å². The number of phosphoric acid groups is 1. The Kier molecular flexibility index (Phi) is 11.2. The fourth-order valence-corrected chi connectivity index (χ4v) is 2.03. The van der Waals surface area contributed by atoms with E-state index in [-0.39, 0.29) is 38.4 Å². The summed E-state index contributed by atoms with van der Waals surface area (Å²) < 4.78 is 30.3. The quantitative estimate of drug-likeness (QED) is 0.328. The molecule has 0 bridgehead atoms. The molecule has 0 saturated carbocycles. The molecule has 0 amide bonds. The standard InChI is InChI=1S/C12H23O8P/c1-11(13)17-7-3-5-9-19-21(15,16)20-10-6-4-8-18-12(2)14/h3-10H2,1-2H3,(H,15,16). The van der Waals surface area contributed by atoms with Gasteiger partial charge in [-0.05, 0) is 25.7 Å². The molecule has 0 aliphatic rings. The molecule has 124 valence electrons. The summed E-state index contributed by atoms with van der Waals surface area (Å²) in [6.07, 6.45) is 2.05. The average molecular weight is 326 g/mol. The lowest BCUT2D eigenvalue weighted by atomic mass is 10.3. The van der Waals surface area contributed by atoms with Gasteiger partial charge in [-0.15, -0.1) is 0 Å². The van der Waals surface area contributed by atoms with E-state index in [2.05, 4.69) is 0 Å². The Morgan fingerprint density at radius 3 is 1.48 bits per heavy atom. The van der Waals surface area contributed by atoms with Gasteiger partial charge in [0.05, 0.1) is 26.4 Å². The third-order valence-corrected chi connectivity index (χ3v) is 3.21. The third-order valence-electron chi connectivity index (χ3n) is 2.20. The Morgan fingerprint density at radius 1 is 0.810 bits per heavy atom. The number of ether oxygens (including phenoxy) is 2. The van der Waals surface area contributed by atoms with Crippen LogP contribution in [0.3, 0.4) is 0 Å². The van der Waals surface area contributed by atoms with Crippen molar-refractivity contribution in [2.45, 2.75) is 39.5 Å². The van der Waals surface area contributed by atoms with Crippen molar-refractivity contribution < 1.29 is 37.6 Å². The zero-order valence-electron chi connectivity index (χ0n) is 12.4. The Bertz CT molecular complexity index is 327. The van der Waals surface area contributed by atoms with Gasteiger partial charge in [-0.3, -0.25) is 18.6 Å². The van der Waals surface area contributed by atoms with Crippen LogP contribution in [0.25, 0.3) is 0 Å². The lowest BCUT2D eigenvalue weighted by Crippen LogP contribution is -2.04. The first-order valence-corrected chi connectivity index (χ1v) is 8.21. The van der Waals surface area contributed by atoms with E-state index in [0.717, 1.165) is 0 Å². The molecule has 0 aliphatic carbocycles. The predicted octanol–water partition coefficient (Wildman–Crippen LogP) is 1.81. The van der Waals surface area contributed by atoms with Crippen LogP contribution < -0.4 is 0 Å². The molecular formula is C12H23O8P. The molecule has 0 radical (unpaired) electrons. The van der Waals surface area contributed by atoms with Crippen molar-refractivity contribution >= 4 is 19.8 Å². The summed E-state index contributed by atoms with van der Waals surface area (Å²) in [7, 11) is -4.04. The second-order valence-electron chi connectivity index (χ2n) is 4.23. The summed E-state index contributed by atoms with van der Waals surface area (Å²) in [4.78, 5) is 30.3. The number of esters is 2. The second-order valence-corrected chi connectivity index (χ2v) is 5.68. The van der Waals surface area contributed by atoms with E-state index in [1.807, 2.05) is 0 Å². The highest BCUT2D eigenvalue weighted by Gasteiger charge is 2.19. The summed E-state index contributed by atoms with van der Waals surface area (Å²) in [5.74, 6) is -0.721. The minimum atomic E-state index is -4.04. The van der Waals surface area contributed by atoms with Gasteiger partial charge in [-0.2, -0.15) is 0 Å². The smallest absolute Gasteiger partial charge is 0.466 e. The van der Waals surface area contributed by atoms with E-state index in [1.165, 1.54) is 13.8 Å². The van der Waals surface area contributed by atoms with Crippen LogP contribution >= 0.6 is 7.82 Å². The maximum atomic E-state index is 11.4. The van der Waals surface area contributed by atoms with E-state index in [9.17, 15) is 19.0 Å². The highest BCUT2D eigenvalue weighted by Crippen LogP contribution is 2.43. The van der Waals surface area contributed by atoms with Crippen molar-refractivity contribution in [1.29, 1.82) is 0 Å². The van der Waals surface area contributed by atoms with Gasteiger partial charge in [0.15, 0.2) is 0 Å². The van der Waals surface area contributed by atoms with Crippen molar-refractivity contribution in [1.82, 2.24) is 0 Å². The Morgan fingerprint density at radius 2 is 1.14 bits per heavy atom. The molecule has 21 heavy (non-hydrogen) atoms. The summed E-state index contributed by atoms with van der Waals surface area (Å²) in [5.41, 5.74) is 0. The number of unbranched alkanes of at least 4 members (excludes halogenated alkanes) is 2. The molecule has 9 heteroatoms. The Labute approximate surface area is 124 Å². The molecule has 0 heterocycles. The van der Waals surface area contributed by atoms with Crippen LogP contribution in [0.2, 0.25) is 0 Å². The van der Waals surface area contributed by atoms with E-state index >= 15 is 0 Å². The number of hydrogen-bond acceptors (Lipinski definition) is 7. The first-order valence-electron chi connectivity index (χ1n) is 6.72. The first kappa shape index (κ1) is 20.1. The molecule has 0 aromatic rings. The second kappa shape index (κ2) is 11.7. The van der Waals surface area contributed by atoms with E-state index in [4.69, 9.17) is 18.5 Å². The molecule has 0 unspecified atom stereocenters. The Balaban J connectivity index is 3.49. The fraction of sp³-hybridized carbons (Fsp3) is 0.833. The molecule has 0 aromatic carbocycles. The van der Waals surface area contributed by atoms with Crippen LogP contribution in [0, 0.1) is 0 Å². The van der Waals surface area contributed by atoms with Gasteiger partial charge < -0.3 is 14.4 Å². The van der Waals surface area contributed by atoms with Crippen LogP contribution in [0.5, 0.6) is 0 Å². The fourth-order valence-electron chi connectivity index (χ4n) is 1.24. The minimum absolute atomic E-state index is 0.0441. The molecule has 0 fully saturated rings. The number of rotatable bonds is 12. The van der Waals surface area contributed by atoms with Gasteiger partial charge in [-0.25, -0.2) is 4.57 Å². The van der Waals surface area contributed by atoms with Crippen molar-refractivity contribution in [3.05, 3.63) is 0 Å². The highest BCUT2D eigenvalue weighted by molar-refractivity contribution is 7.47. The van der Waals surface area contributed by atoms with Crippen molar-refractivity contribution in [3.8, 4) is 0 Å². The van der Waals surface area contributed by atoms with E-state index in [1.54, 1.807) is 0 Å². The van der Waals surface area contributed by atoms with Gasteiger partial charge in [0.2, 0.25) is 0 Å². The topological polar surface area (TPSA) is 108 Å². The van der Waals surface area contributed by atoms with Crippen LogP contribution in [-0.2, 0) is 32.7 Å². The highest BCUT2D eigenvalue weighted by atomic mass is 31.2. The molecule has 1 N–H and O–H groups in total. The SMILES string of the molecule is CC(=O)OCCCCOP(=O)(O)OCCCCOC(C)=O. The summed E-state index contributed by atoms with van der Waals surface area (Å²) in [6, 6.07) is 0. The van der Waals surface area contributed by atoms with Crippen molar-refractivity contribution in [3.63, 3.8) is 0 Å². The van der Waals surface area contributed by atoms with Crippen LogP contribution in [0.15, 0.2) is 0 Å². The lowest BCUT2D eigenvalue weighted by Gasteiger charge is -2.12. The van der Waals surface area contributed by atoms with Crippen LogP contribution in [0.1, 0.15) is 39.5 Å². The first-order chi connectivity index (χ1) is 9.83. The summed E-state index contributed by atoms with van der Waals surface area (Å²) in [5, 5.41) is 0. The van der Waals surface area contributed by atoms with E-state index in [0.29, 0.717) is 25.7 Å². The minimum Gasteiger partial charge on any atom is -0.466 e. The molecule has 8 nitrogen and oxygen atoms in total. The Hall–Kier alpha value is -0.950. The normalized spacial score (nSPS) is 11.2. The average Bonchev–Trinajstić information content (AvgIpc) is 2.37. The van der Waals surface area contributed by atoms with Crippen molar-refractivity contribution in [2.75, 3.05) is 26.4 Å². The molecule has 0 spiro atoms. The zero-order valence-corrected chi connectivity index (χ0v) is 13.3. The largest absolute Gasteiger partial charge is 0.472 e. The van der Waals surface area contributed by atoms with Gasteiger partial charge in [0, 0.05) is 13.8 Å². The molecule has 0 atom stereocenters. The molecule has 0 rings (SSSR count). The molecule has 0 aromatic heterocycles. The molecular weight excluding hydrogens is 303 g/mol. The van der Waals surface area contributed by atoms with Crippen molar-refractivity contribution in [2.24, 2.45) is 0 Å². The van der Waals surface area contributed by atoms with Gasteiger partial charge in [-0.1, -0.05) is 0 Å². The lowest BCUT2D eigenvalue weighted by molar-refractivity contribution is -0.142. The van der Waals surface area contributed by atoms with E-state index < -0.39 is 7.82 Å². The zero-order chi connectivity index (χ0) is 16.1.